The Morgan fingerprint density at radius 3 is 2.74 bits per heavy atom. The molecule has 2 rings (SSSR count). The van der Waals surface area contributed by atoms with Gasteiger partial charge >= 0.3 is 0 Å². The summed E-state index contributed by atoms with van der Waals surface area (Å²) in [5, 5.41) is 1.08. The van der Waals surface area contributed by atoms with Crippen molar-refractivity contribution < 1.29 is 9.15 Å². The van der Waals surface area contributed by atoms with Gasteiger partial charge in [0.15, 0.2) is 0 Å². The molecule has 2 nitrogen and oxygen atoms in total. The second-order valence-corrected chi connectivity index (χ2v) is 5.71. The Morgan fingerprint density at radius 1 is 1.17 bits per heavy atom. The molecule has 23 heavy (non-hydrogen) atoms. The Balaban J connectivity index is 2.31. The standard InChI is InChI=1S/C21H26O2/c1-4-7-9-10-11-17-15-21-18(16-20(17)22-13-6-3)14-19(23-21)12-8-5-2/h6,14-16H,3-5,7-9,12-13H2,1-2H3. The molecule has 0 fully saturated rings. The number of rotatable bonds is 8. The molecule has 0 saturated carbocycles. The van der Waals surface area contributed by atoms with Gasteiger partial charge < -0.3 is 9.15 Å². The second-order valence-electron chi connectivity index (χ2n) is 5.71. The molecule has 1 aromatic heterocycles. The van der Waals surface area contributed by atoms with Gasteiger partial charge in [0.25, 0.3) is 0 Å². The zero-order valence-electron chi connectivity index (χ0n) is 14.3. The van der Waals surface area contributed by atoms with Crippen LogP contribution in [0.1, 0.15) is 57.3 Å². The zero-order chi connectivity index (χ0) is 16.5. The summed E-state index contributed by atoms with van der Waals surface area (Å²) in [6.07, 6.45) is 8.23. The maximum Gasteiger partial charge on any atom is 0.136 e. The van der Waals surface area contributed by atoms with Gasteiger partial charge in [-0.15, -0.1) is 0 Å². The Kier molecular flexibility index (Phi) is 6.81. The van der Waals surface area contributed by atoms with Gasteiger partial charge in [-0.05, 0) is 25.0 Å². The normalized spacial score (nSPS) is 10.3. The quantitative estimate of drug-likeness (QED) is 0.345. The number of fused-ring (bicyclic) bond motifs is 1. The van der Waals surface area contributed by atoms with Crippen LogP contribution in [0, 0.1) is 11.8 Å². The summed E-state index contributed by atoms with van der Waals surface area (Å²) in [4.78, 5) is 0. The molecule has 0 spiro atoms. The van der Waals surface area contributed by atoms with E-state index < -0.39 is 0 Å². The summed E-state index contributed by atoms with van der Waals surface area (Å²) in [6, 6.07) is 6.14. The number of hydrogen-bond donors (Lipinski definition) is 0. The summed E-state index contributed by atoms with van der Waals surface area (Å²) in [7, 11) is 0. The molecule has 0 aliphatic rings. The van der Waals surface area contributed by atoms with Crippen molar-refractivity contribution in [3.8, 4) is 17.6 Å². The molecule has 0 unspecified atom stereocenters. The van der Waals surface area contributed by atoms with Crippen LogP contribution in [0.25, 0.3) is 11.0 Å². The molecule has 0 amide bonds. The summed E-state index contributed by atoms with van der Waals surface area (Å²) >= 11 is 0. The molecule has 0 saturated heterocycles. The van der Waals surface area contributed by atoms with Crippen LogP contribution in [0.4, 0.5) is 0 Å². The van der Waals surface area contributed by atoms with Crippen LogP contribution in [0.2, 0.25) is 0 Å². The highest BCUT2D eigenvalue weighted by Crippen LogP contribution is 2.29. The van der Waals surface area contributed by atoms with E-state index >= 15 is 0 Å². The minimum atomic E-state index is 0.482. The lowest BCUT2D eigenvalue weighted by Gasteiger charge is -2.06. The largest absolute Gasteiger partial charge is 0.488 e. The third-order valence-electron chi connectivity index (χ3n) is 3.68. The van der Waals surface area contributed by atoms with Crippen molar-refractivity contribution in [1.29, 1.82) is 0 Å². The van der Waals surface area contributed by atoms with Crippen molar-refractivity contribution in [1.82, 2.24) is 0 Å². The second kappa shape index (κ2) is 9.10. The van der Waals surface area contributed by atoms with Gasteiger partial charge in [0.05, 0.1) is 5.56 Å². The zero-order valence-corrected chi connectivity index (χ0v) is 14.3. The van der Waals surface area contributed by atoms with Gasteiger partial charge in [0.2, 0.25) is 0 Å². The summed E-state index contributed by atoms with van der Waals surface area (Å²) in [5.74, 6) is 8.30. The minimum absolute atomic E-state index is 0.482. The van der Waals surface area contributed by atoms with Crippen molar-refractivity contribution in [2.24, 2.45) is 0 Å². The SMILES string of the molecule is C=CCOc1cc2cc(CCCC)oc2cc1C#CCCCC. The molecule has 0 aliphatic carbocycles. The third-order valence-corrected chi connectivity index (χ3v) is 3.68. The fraction of sp³-hybridized carbons (Fsp3) is 0.429. The Bertz CT molecular complexity index is 698. The first-order valence-electron chi connectivity index (χ1n) is 8.57. The fourth-order valence-electron chi connectivity index (χ4n) is 2.38. The predicted octanol–water partition coefficient (Wildman–Crippen LogP) is 5.88. The van der Waals surface area contributed by atoms with Gasteiger partial charge in [-0.2, -0.15) is 0 Å². The average Bonchev–Trinajstić information content (AvgIpc) is 2.96. The number of aryl methyl sites for hydroxylation is 1. The first kappa shape index (κ1) is 17.2. The lowest BCUT2D eigenvalue weighted by atomic mass is 10.1. The highest BCUT2D eigenvalue weighted by atomic mass is 16.5. The van der Waals surface area contributed by atoms with Crippen molar-refractivity contribution in [3.63, 3.8) is 0 Å². The third kappa shape index (κ3) is 4.93. The van der Waals surface area contributed by atoms with E-state index in [1.54, 1.807) is 6.08 Å². The van der Waals surface area contributed by atoms with Crippen molar-refractivity contribution in [2.75, 3.05) is 6.61 Å². The topological polar surface area (TPSA) is 22.4 Å². The van der Waals surface area contributed by atoms with Crippen molar-refractivity contribution in [3.05, 3.63) is 42.2 Å². The van der Waals surface area contributed by atoms with Crippen LogP contribution in [0.3, 0.4) is 0 Å². The van der Waals surface area contributed by atoms with Crippen LogP contribution in [0.5, 0.6) is 5.75 Å². The number of benzene rings is 1. The highest BCUT2D eigenvalue weighted by molar-refractivity contribution is 5.82. The Hall–Kier alpha value is -2.14. The van der Waals surface area contributed by atoms with E-state index in [2.05, 4.69) is 38.3 Å². The van der Waals surface area contributed by atoms with E-state index in [0.29, 0.717) is 6.61 Å². The lowest BCUT2D eigenvalue weighted by molar-refractivity contribution is 0.362. The average molecular weight is 310 g/mol. The number of ether oxygens (including phenoxy) is 1. The van der Waals surface area contributed by atoms with Crippen LogP contribution in [-0.4, -0.2) is 6.61 Å². The van der Waals surface area contributed by atoms with E-state index in [4.69, 9.17) is 9.15 Å². The Labute approximate surface area is 139 Å². The van der Waals surface area contributed by atoms with Gasteiger partial charge in [0, 0.05) is 24.3 Å². The molecule has 0 N–H and O–H groups in total. The summed E-state index contributed by atoms with van der Waals surface area (Å²) in [5.41, 5.74) is 1.79. The maximum atomic E-state index is 5.95. The van der Waals surface area contributed by atoms with Crippen LogP contribution in [-0.2, 0) is 6.42 Å². The molecule has 0 bridgehead atoms. The molecular formula is C21H26O2. The smallest absolute Gasteiger partial charge is 0.136 e. The monoisotopic (exact) mass is 310 g/mol. The van der Waals surface area contributed by atoms with Crippen molar-refractivity contribution in [2.45, 2.75) is 52.4 Å². The van der Waals surface area contributed by atoms with Crippen LogP contribution >= 0.6 is 0 Å². The number of hydrogen-bond acceptors (Lipinski definition) is 2. The van der Waals surface area contributed by atoms with Crippen LogP contribution in [0.15, 0.2) is 35.3 Å². The van der Waals surface area contributed by atoms with Crippen LogP contribution < -0.4 is 4.74 Å². The van der Waals surface area contributed by atoms with E-state index in [1.807, 2.05) is 12.1 Å². The lowest BCUT2D eigenvalue weighted by Crippen LogP contribution is -1.95. The maximum absolute atomic E-state index is 5.95. The summed E-state index contributed by atoms with van der Waals surface area (Å²) < 4.78 is 11.7. The molecule has 0 atom stereocenters. The van der Waals surface area contributed by atoms with Gasteiger partial charge in [-0.3, -0.25) is 0 Å². The number of unbranched alkanes of at least 4 members (excludes halogenated alkanes) is 3. The molecule has 2 heteroatoms. The van der Waals surface area contributed by atoms with E-state index in [1.165, 1.54) is 6.42 Å². The van der Waals surface area contributed by atoms with E-state index in [-0.39, 0.29) is 0 Å². The molecule has 0 radical (unpaired) electrons. The fourth-order valence-corrected chi connectivity index (χ4v) is 2.38. The van der Waals surface area contributed by atoms with E-state index in [0.717, 1.165) is 60.1 Å². The Morgan fingerprint density at radius 2 is 2.00 bits per heavy atom. The molecule has 0 aliphatic heterocycles. The van der Waals surface area contributed by atoms with Gasteiger partial charge in [-0.25, -0.2) is 0 Å². The molecule has 1 aromatic carbocycles. The number of furan rings is 1. The predicted molar refractivity (Wildman–Crippen MR) is 96.9 cm³/mol. The summed E-state index contributed by atoms with van der Waals surface area (Å²) in [6.45, 7) is 8.56. The van der Waals surface area contributed by atoms with Gasteiger partial charge in [0.1, 0.15) is 23.7 Å². The molecule has 122 valence electrons. The molecule has 1 heterocycles. The highest BCUT2D eigenvalue weighted by Gasteiger charge is 2.09. The first-order chi connectivity index (χ1) is 11.3. The minimum Gasteiger partial charge on any atom is -0.488 e. The first-order valence-corrected chi connectivity index (χ1v) is 8.57. The van der Waals surface area contributed by atoms with Crippen molar-refractivity contribution >= 4 is 11.0 Å². The van der Waals surface area contributed by atoms with Gasteiger partial charge in [-0.1, -0.05) is 51.2 Å². The molecule has 2 aromatic rings. The van der Waals surface area contributed by atoms with E-state index in [9.17, 15) is 0 Å². The molecular weight excluding hydrogens is 284 g/mol.